The first-order valence-corrected chi connectivity index (χ1v) is 11.1. The summed E-state index contributed by atoms with van der Waals surface area (Å²) in [5.41, 5.74) is 9.93. The maximum Gasteiger partial charge on any atom is 0.0951 e. The topological polar surface area (TPSA) is 45.1 Å². The molecule has 2 saturated heterocycles. The number of nitrogens with zero attached hydrogens (tertiary/aromatic N) is 3. The predicted octanol–water partition coefficient (Wildman–Crippen LogP) is 3.18. The van der Waals surface area contributed by atoms with Crippen LogP contribution in [0, 0.1) is 11.8 Å². The van der Waals surface area contributed by atoms with Gasteiger partial charge in [0.05, 0.1) is 12.0 Å². The Bertz CT molecular complexity index is 751. The SMILES string of the molecule is c1ccc(Cn2cncc2CN2CCC3NNC(CC4CCCC4)C3C2)cc1. The lowest BCUT2D eigenvalue weighted by atomic mass is 9.83. The van der Waals surface area contributed by atoms with Crippen molar-refractivity contribution in [1.82, 2.24) is 25.3 Å². The van der Waals surface area contributed by atoms with Crippen LogP contribution >= 0.6 is 0 Å². The highest BCUT2D eigenvalue weighted by atomic mass is 15.4. The summed E-state index contributed by atoms with van der Waals surface area (Å²) in [6.07, 6.45) is 12.4. The fourth-order valence-electron chi connectivity index (χ4n) is 5.57. The largest absolute Gasteiger partial charge is 0.329 e. The van der Waals surface area contributed by atoms with Crippen LogP contribution in [0.25, 0.3) is 0 Å². The van der Waals surface area contributed by atoms with E-state index in [1.807, 2.05) is 6.33 Å². The fourth-order valence-corrected chi connectivity index (χ4v) is 5.57. The molecule has 0 amide bonds. The molecule has 1 aliphatic carbocycles. The van der Waals surface area contributed by atoms with Gasteiger partial charge in [0.25, 0.3) is 0 Å². The van der Waals surface area contributed by atoms with E-state index in [4.69, 9.17) is 0 Å². The number of piperidine rings is 1. The first kappa shape index (κ1) is 18.3. The zero-order chi connectivity index (χ0) is 18.8. The Labute approximate surface area is 168 Å². The lowest BCUT2D eigenvalue weighted by Crippen LogP contribution is -2.46. The number of aromatic nitrogens is 2. The van der Waals surface area contributed by atoms with Gasteiger partial charge in [-0.3, -0.25) is 15.8 Å². The lowest BCUT2D eigenvalue weighted by Gasteiger charge is -2.36. The molecule has 3 atom stereocenters. The van der Waals surface area contributed by atoms with Crippen molar-refractivity contribution >= 4 is 0 Å². The second-order valence-electron chi connectivity index (χ2n) is 9.07. The number of hydrazine groups is 1. The minimum atomic E-state index is 0.644. The van der Waals surface area contributed by atoms with Crippen LogP contribution in [0.2, 0.25) is 0 Å². The molecule has 1 saturated carbocycles. The molecule has 3 aliphatic rings. The van der Waals surface area contributed by atoms with Crippen LogP contribution in [0.1, 0.15) is 49.8 Å². The molecule has 3 unspecified atom stereocenters. The molecule has 28 heavy (non-hydrogen) atoms. The summed E-state index contributed by atoms with van der Waals surface area (Å²) in [6, 6.07) is 12.0. The van der Waals surface area contributed by atoms with Gasteiger partial charge in [-0.25, -0.2) is 4.98 Å². The van der Waals surface area contributed by atoms with Crippen molar-refractivity contribution in [3.05, 3.63) is 54.1 Å². The molecule has 0 spiro atoms. The van der Waals surface area contributed by atoms with Crippen molar-refractivity contribution in [3.8, 4) is 0 Å². The van der Waals surface area contributed by atoms with E-state index in [-0.39, 0.29) is 0 Å². The van der Waals surface area contributed by atoms with Crippen molar-refractivity contribution in [2.24, 2.45) is 11.8 Å². The highest BCUT2D eigenvalue weighted by Gasteiger charge is 2.40. The Morgan fingerprint density at radius 1 is 1.00 bits per heavy atom. The zero-order valence-electron chi connectivity index (χ0n) is 16.8. The van der Waals surface area contributed by atoms with Gasteiger partial charge in [0, 0.05) is 50.4 Å². The summed E-state index contributed by atoms with van der Waals surface area (Å²) >= 11 is 0. The van der Waals surface area contributed by atoms with Gasteiger partial charge in [0.2, 0.25) is 0 Å². The van der Waals surface area contributed by atoms with E-state index in [9.17, 15) is 0 Å². The average molecular weight is 380 g/mol. The molecule has 5 nitrogen and oxygen atoms in total. The maximum absolute atomic E-state index is 4.45. The van der Waals surface area contributed by atoms with Crippen LogP contribution in [0.4, 0.5) is 0 Å². The van der Waals surface area contributed by atoms with E-state index >= 15 is 0 Å². The molecule has 0 bridgehead atoms. The van der Waals surface area contributed by atoms with Crippen molar-refractivity contribution in [2.75, 3.05) is 13.1 Å². The van der Waals surface area contributed by atoms with Crippen molar-refractivity contribution < 1.29 is 0 Å². The van der Waals surface area contributed by atoms with Crippen LogP contribution < -0.4 is 10.9 Å². The number of fused-ring (bicyclic) bond motifs is 1. The average Bonchev–Trinajstić information content (AvgIpc) is 3.47. The predicted molar refractivity (Wildman–Crippen MR) is 112 cm³/mol. The van der Waals surface area contributed by atoms with Crippen LogP contribution in [0.3, 0.4) is 0 Å². The van der Waals surface area contributed by atoms with Crippen LogP contribution in [0.5, 0.6) is 0 Å². The Balaban J connectivity index is 1.21. The number of hydrogen-bond acceptors (Lipinski definition) is 4. The lowest BCUT2D eigenvalue weighted by molar-refractivity contribution is 0.140. The number of rotatable bonds is 6. The first-order valence-electron chi connectivity index (χ1n) is 11.1. The van der Waals surface area contributed by atoms with E-state index in [1.54, 1.807) is 0 Å². The Morgan fingerprint density at radius 2 is 1.86 bits per heavy atom. The summed E-state index contributed by atoms with van der Waals surface area (Å²) in [6.45, 7) is 4.27. The van der Waals surface area contributed by atoms with Gasteiger partial charge in [0.15, 0.2) is 0 Å². The summed E-state index contributed by atoms with van der Waals surface area (Å²) < 4.78 is 2.31. The number of hydrogen-bond donors (Lipinski definition) is 2. The monoisotopic (exact) mass is 379 g/mol. The first-order chi connectivity index (χ1) is 13.8. The Morgan fingerprint density at radius 3 is 2.71 bits per heavy atom. The Kier molecular flexibility index (Phi) is 5.47. The molecule has 5 rings (SSSR count). The van der Waals surface area contributed by atoms with Gasteiger partial charge in [-0.1, -0.05) is 56.0 Å². The molecule has 2 aromatic rings. The smallest absolute Gasteiger partial charge is 0.0951 e. The second-order valence-corrected chi connectivity index (χ2v) is 9.07. The molecule has 2 N–H and O–H groups in total. The molecule has 0 radical (unpaired) electrons. The molecule has 1 aromatic carbocycles. The number of benzene rings is 1. The molecule has 1 aromatic heterocycles. The standard InChI is InChI=1S/C23H33N5/c1-2-8-19(9-3-1)14-28-17-24-13-20(28)15-27-11-10-22-21(16-27)23(26-25-22)12-18-6-4-5-7-18/h1-3,8-9,13,17-18,21-23,25-26H,4-7,10-12,14-16H2. The maximum atomic E-state index is 4.45. The summed E-state index contributed by atoms with van der Waals surface area (Å²) in [4.78, 5) is 7.09. The molecule has 150 valence electrons. The van der Waals surface area contributed by atoms with Gasteiger partial charge < -0.3 is 4.57 Å². The van der Waals surface area contributed by atoms with Crippen molar-refractivity contribution in [2.45, 2.75) is 63.7 Å². The van der Waals surface area contributed by atoms with E-state index in [1.165, 1.54) is 62.9 Å². The van der Waals surface area contributed by atoms with Gasteiger partial charge in [-0.05, 0) is 24.3 Å². The highest BCUT2D eigenvalue weighted by molar-refractivity contribution is 5.16. The molecular formula is C23H33N5. The highest BCUT2D eigenvalue weighted by Crippen LogP contribution is 2.34. The molecule has 3 fully saturated rings. The van der Waals surface area contributed by atoms with Crippen molar-refractivity contribution in [3.63, 3.8) is 0 Å². The van der Waals surface area contributed by atoms with Gasteiger partial charge in [-0.2, -0.15) is 0 Å². The quantitative estimate of drug-likeness (QED) is 0.809. The Hall–Kier alpha value is -1.69. The van der Waals surface area contributed by atoms with Gasteiger partial charge >= 0.3 is 0 Å². The molecular weight excluding hydrogens is 346 g/mol. The van der Waals surface area contributed by atoms with Crippen LogP contribution in [0.15, 0.2) is 42.9 Å². The van der Waals surface area contributed by atoms with Crippen LogP contribution in [-0.4, -0.2) is 39.6 Å². The fraction of sp³-hybridized carbons (Fsp3) is 0.609. The third-order valence-corrected chi connectivity index (χ3v) is 7.16. The van der Waals surface area contributed by atoms with Crippen LogP contribution in [-0.2, 0) is 13.1 Å². The zero-order valence-corrected chi connectivity index (χ0v) is 16.8. The normalized spacial score (nSPS) is 28.6. The second kappa shape index (κ2) is 8.36. The summed E-state index contributed by atoms with van der Waals surface area (Å²) in [5.74, 6) is 1.68. The minimum Gasteiger partial charge on any atom is -0.329 e. The van der Waals surface area contributed by atoms with E-state index in [0.717, 1.165) is 24.9 Å². The van der Waals surface area contributed by atoms with E-state index < -0.39 is 0 Å². The van der Waals surface area contributed by atoms with Crippen molar-refractivity contribution in [1.29, 1.82) is 0 Å². The third kappa shape index (κ3) is 4.02. The summed E-state index contributed by atoms with van der Waals surface area (Å²) in [5, 5.41) is 0. The number of likely N-dealkylation sites (tertiary alicyclic amines) is 1. The number of imidazole rings is 1. The van der Waals surface area contributed by atoms with E-state index in [0.29, 0.717) is 12.1 Å². The van der Waals surface area contributed by atoms with E-state index in [2.05, 4.69) is 61.8 Å². The molecule has 3 heterocycles. The van der Waals surface area contributed by atoms with Gasteiger partial charge in [0.1, 0.15) is 0 Å². The molecule has 2 aliphatic heterocycles. The van der Waals surface area contributed by atoms with Gasteiger partial charge in [-0.15, -0.1) is 0 Å². The number of nitrogens with one attached hydrogen (secondary N) is 2. The summed E-state index contributed by atoms with van der Waals surface area (Å²) in [7, 11) is 0. The third-order valence-electron chi connectivity index (χ3n) is 7.16. The minimum absolute atomic E-state index is 0.644. The molecule has 5 heteroatoms.